The van der Waals surface area contributed by atoms with Gasteiger partial charge >= 0.3 is 11.4 Å². The summed E-state index contributed by atoms with van der Waals surface area (Å²) in [6, 6.07) is 22.5. The Morgan fingerprint density at radius 2 is 1.65 bits per heavy atom. The molecule has 1 unspecified atom stereocenters. The fourth-order valence-corrected chi connectivity index (χ4v) is 6.33. The molecule has 0 aliphatic rings. The number of aryl methyl sites for hydroxylation is 1. The Morgan fingerprint density at radius 3 is 2.26 bits per heavy atom. The van der Waals surface area contributed by atoms with Crippen LogP contribution in [0.1, 0.15) is 54.5 Å². The third-order valence-corrected chi connectivity index (χ3v) is 8.92. The normalized spacial score (nSPS) is 11.6. The van der Waals surface area contributed by atoms with E-state index in [2.05, 4.69) is 10.1 Å². The number of hydrogen-bond acceptors (Lipinski definition) is 8. The Labute approximate surface area is 268 Å². The van der Waals surface area contributed by atoms with Gasteiger partial charge in [-0.25, -0.2) is 14.2 Å². The topological polar surface area (TPSA) is 129 Å². The first kappa shape index (κ1) is 32.1. The maximum absolute atomic E-state index is 14.0. The predicted molar refractivity (Wildman–Crippen MR) is 180 cm³/mol. The molecule has 0 aliphatic heterocycles. The molecular formula is C35H34N4O6S. The van der Waals surface area contributed by atoms with E-state index < -0.39 is 23.0 Å². The van der Waals surface area contributed by atoms with Gasteiger partial charge in [0, 0.05) is 16.0 Å². The highest BCUT2D eigenvalue weighted by atomic mass is 32.1. The van der Waals surface area contributed by atoms with Gasteiger partial charge in [-0.15, -0.1) is 11.3 Å². The molecule has 0 amide bonds. The Balaban J connectivity index is 0.00000204. The fraction of sp³-hybridized carbons (Fsp3) is 0.229. The average molecular weight is 639 g/mol. The molecule has 46 heavy (non-hydrogen) atoms. The molecule has 1 atom stereocenters. The van der Waals surface area contributed by atoms with Gasteiger partial charge in [0.2, 0.25) is 0 Å². The van der Waals surface area contributed by atoms with Crippen molar-refractivity contribution in [3.63, 3.8) is 0 Å². The molecule has 0 saturated heterocycles. The summed E-state index contributed by atoms with van der Waals surface area (Å²) in [5.74, 6) is -0.0556. The van der Waals surface area contributed by atoms with Crippen LogP contribution in [0.15, 0.2) is 97.8 Å². The lowest BCUT2D eigenvalue weighted by Crippen LogP contribution is -2.43. The predicted octanol–water partition coefficient (Wildman–Crippen LogP) is 6.32. The van der Waals surface area contributed by atoms with Crippen LogP contribution in [0.5, 0.6) is 5.75 Å². The number of aromatic amines is 1. The van der Waals surface area contributed by atoms with Gasteiger partial charge < -0.3 is 4.74 Å². The lowest BCUT2D eigenvalue weighted by Gasteiger charge is -2.17. The van der Waals surface area contributed by atoms with Crippen LogP contribution in [0.3, 0.4) is 0 Å². The maximum Gasteiger partial charge on any atom is 0.439 e. The smallest absolute Gasteiger partial charge is 0.439 e. The SMILES string of the molecule is CC.CCc1cc2c(=O)n(C(C)C(=O)c3ccc(OC)cc3)c(=O)n(Cc3ccc(-c4ccccc4-c4noc(=O)[nH]4)cc3)c2s1. The van der Waals surface area contributed by atoms with Crippen molar-refractivity contribution in [3.8, 4) is 28.3 Å². The average Bonchev–Trinajstić information content (AvgIpc) is 3.74. The van der Waals surface area contributed by atoms with Crippen LogP contribution >= 0.6 is 11.3 Å². The van der Waals surface area contributed by atoms with Crippen molar-refractivity contribution in [2.24, 2.45) is 0 Å². The van der Waals surface area contributed by atoms with Gasteiger partial charge in [0.05, 0.1) is 19.0 Å². The number of nitrogens with one attached hydrogen (secondary N) is 1. The number of thiophene rings is 1. The number of benzene rings is 3. The molecule has 0 radical (unpaired) electrons. The number of aromatic nitrogens is 4. The summed E-state index contributed by atoms with van der Waals surface area (Å²) in [7, 11) is 1.54. The van der Waals surface area contributed by atoms with E-state index >= 15 is 0 Å². The number of carbonyl (C=O) groups is 1. The van der Waals surface area contributed by atoms with Crippen LogP contribution in [0.4, 0.5) is 0 Å². The van der Waals surface area contributed by atoms with Gasteiger partial charge in [0.15, 0.2) is 11.6 Å². The standard InChI is InChI=1S/C33H28N4O6S.C2H6/c1-4-24-17-27-30(39)37(19(2)28(38)22-13-15-23(42-3)16-14-22)33(41)36(31(27)44-24)18-20-9-11-21(12-10-20)25-7-5-6-8-26(25)29-34-32(40)43-35-29;1-2/h5-17,19H,4,18H2,1-3H3,(H,34,35,40);1-2H3. The summed E-state index contributed by atoms with van der Waals surface area (Å²) < 4.78 is 12.5. The molecule has 1 N–H and O–H groups in total. The summed E-state index contributed by atoms with van der Waals surface area (Å²) in [5, 5.41) is 4.23. The number of rotatable bonds is 9. The molecule has 0 aliphatic carbocycles. The van der Waals surface area contributed by atoms with Crippen LogP contribution in [-0.4, -0.2) is 32.2 Å². The van der Waals surface area contributed by atoms with Crippen molar-refractivity contribution in [2.75, 3.05) is 7.11 Å². The third-order valence-electron chi connectivity index (χ3n) is 7.61. The molecule has 0 fully saturated rings. The van der Waals surface area contributed by atoms with Crippen LogP contribution in [0.25, 0.3) is 32.7 Å². The Hall–Kier alpha value is -5.29. The van der Waals surface area contributed by atoms with E-state index in [-0.39, 0.29) is 12.3 Å². The highest BCUT2D eigenvalue weighted by Crippen LogP contribution is 2.30. The number of Topliss-reactive ketones (excluding diaryl/α,β-unsaturated/α-hetero) is 1. The minimum atomic E-state index is -1.02. The molecule has 6 aromatic rings. The van der Waals surface area contributed by atoms with Crippen molar-refractivity contribution in [3.05, 3.63) is 126 Å². The molecule has 0 saturated carbocycles. The second-order valence-electron chi connectivity index (χ2n) is 10.3. The fourth-order valence-electron chi connectivity index (χ4n) is 5.25. The van der Waals surface area contributed by atoms with Gasteiger partial charge in [0.25, 0.3) is 5.56 Å². The third kappa shape index (κ3) is 6.14. The number of ether oxygens (including phenoxy) is 1. The summed E-state index contributed by atoms with van der Waals surface area (Å²) >= 11 is 1.41. The Morgan fingerprint density at radius 1 is 0.978 bits per heavy atom. The maximum atomic E-state index is 14.0. The van der Waals surface area contributed by atoms with Crippen LogP contribution in [-0.2, 0) is 13.0 Å². The number of methoxy groups -OCH3 is 1. The summed E-state index contributed by atoms with van der Waals surface area (Å²) in [4.78, 5) is 56.8. The molecule has 10 nitrogen and oxygen atoms in total. The van der Waals surface area contributed by atoms with Crippen molar-refractivity contribution in [2.45, 2.75) is 46.7 Å². The zero-order valence-corrected chi connectivity index (χ0v) is 27.0. The Kier molecular flexibility index (Phi) is 9.62. The number of nitrogens with zero attached hydrogens (tertiary/aromatic N) is 3. The molecule has 3 heterocycles. The van der Waals surface area contributed by atoms with E-state index in [9.17, 15) is 19.2 Å². The molecule has 3 aromatic carbocycles. The number of carbonyl (C=O) groups excluding carboxylic acids is 1. The van der Waals surface area contributed by atoms with Crippen molar-refractivity contribution >= 4 is 27.3 Å². The second-order valence-corrected chi connectivity index (χ2v) is 11.4. The largest absolute Gasteiger partial charge is 0.497 e. The Bertz CT molecular complexity index is 2170. The first-order valence-electron chi connectivity index (χ1n) is 15.0. The minimum Gasteiger partial charge on any atom is -0.497 e. The molecular weight excluding hydrogens is 604 g/mol. The van der Waals surface area contributed by atoms with Gasteiger partial charge in [-0.05, 0) is 60.4 Å². The van der Waals surface area contributed by atoms with E-state index in [4.69, 9.17) is 9.26 Å². The van der Waals surface area contributed by atoms with E-state index in [0.29, 0.717) is 39.3 Å². The summed E-state index contributed by atoms with van der Waals surface area (Å²) in [6.45, 7) is 7.76. The zero-order chi connectivity index (χ0) is 33.0. The van der Waals surface area contributed by atoms with Crippen LogP contribution in [0, 0.1) is 0 Å². The highest BCUT2D eigenvalue weighted by molar-refractivity contribution is 7.18. The van der Waals surface area contributed by atoms with E-state index in [1.54, 1.807) is 35.8 Å². The first-order valence-corrected chi connectivity index (χ1v) is 15.8. The summed E-state index contributed by atoms with van der Waals surface area (Å²) in [5.41, 5.74) is 2.59. The van der Waals surface area contributed by atoms with Crippen molar-refractivity contribution in [1.29, 1.82) is 0 Å². The lowest BCUT2D eigenvalue weighted by molar-refractivity contribution is 0.0930. The quantitative estimate of drug-likeness (QED) is 0.183. The minimum absolute atomic E-state index is 0.196. The molecule has 0 spiro atoms. The van der Waals surface area contributed by atoms with Crippen LogP contribution < -0.4 is 21.7 Å². The number of H-pyrrole nitrogens is 1. The van der Waals surface area contributed by atoms with Gasteiger partial charge in [-0.2, -0.15) is 0 Å². The second kappa shape index (κ2) is 13.8. The summed E-state index contributed by atoms with van der Waals surface area (Å²) in [6.07, 6.45) is 0.707. The van der Waals surface area contributed by atoms with Gasteiger partial charge in [0.1, 0.15) is 16.6 Å². The molecule has 11 heteroatoms. The van der Waals surface area contributed by atoms with Gasteiger partial charge in [-0.1, -0.05) is 74.5 Å². The van der Waals surface area contributed by atoms with E-state index in [0.717, 1.165) is 26.1 Å². The van der Waals surface area contributed by atoms with Crippen molar-refractivity contribution in [1.82, 2.24) is 19.3 Å². The monoisotopic (exact) mass is 638 g/mol. The van der Waals surface area contributed by atoms with Crippen LogP contribution in [0.2, 0.25) is 0 Å². The molecule has 236 valence electrons. The molecule has 3 aromatic heterocycles. The van der Waals surface area contributed by atoms with Gasteiger partial charge in [-0.3, -0.25) is 23.7 Å². The first-order chi connectivity index (χ1) is 22.3. The van der Waals surface area contributed by atoms with E-state index in [1.165, 1.54) is 18.4 Å². The van der Waals surface area contributed by atoms with E-state index in [1.807, 2.05) is 75.4 Å². The number of ketones is 1. The molecule has 6 rings (SSSR count). The zero-order valence-electron chi connectivity index (χ0n) is 26.2. The molecule has 0 bridgehead atoms. The number of fused-ring (bicyclic) bond motifs is 1. The highest BCUT2D eigenvalue weighted by Gasteiger charge is 2.25. The van der Waals surface area contributed by atoms with Crippen molar-refractivity contribution < 1.29 is 14.1 Å². The lowest BCUT2D eigenvalue weighted by atomic mass is 9.98. The number of hydrogen-bond donors (Lipinski definition) is 1.